The van der Waals surface area contributed by atoms with E-state index < -0.39 is 0 Å². The molecule has 1 aromatic carbocycles. The molecule has 1 heterocycles. The highest BCUT2D eigenvalue weighted by Gasteiger charge is 2.16. The Labute approximate surface area is 136 Å². The van der Waals surface area contributed by atoms with Crippen molar-refractivity contribution in [1.82, 2.24) is 4.57 Å². The van der Waals surface area contributed by atoms with Crippen molar-refractivity contribution in [2.45, 2.75) is 38.6 Å². The van der Waals surface area contributed by atoms with Gasteiger partial charge in [0.15, 0.2) is 0 Å². The average molecular weight is 310 g/mol. The summed E-state index contributed by atoms with van der Waals surface area (Å²) in [6.07, 6.45) is 11.3. The van der Waals surface area contributed by atoms with Crippen molar-refractivity contribution in [3.05, 3.63) is 53.3 Å². The lowest BCUT2D eigenvalue weighted by molar-refractivity contribution is 0.0601. The minimum absolute atomic E-state index is 0.339. The zero-order valence-corrected chi connectivity index (χ0v) is 13.7. The molecular formula is C19H22N2O2. The van der Waals surface area contributed by atoms with Gasteiger partial charge in [-0.25, -0.2) is 4.79 Å². The minimum atomic E-state index is -0.339. The summed E-state index contributed by atoms with van der Waals surface area (Å²) in [4.78, 5) is 16.2. The number of esters is 1. The number of rotatable bonds is 4. The molecule has 0 saturated heterocycles. The van der Waals surface area contributed by atoms with Crippen LogP contribution in [-0.4, -0.2) is 23.9 Å². The highest BCUT2D eigenvalue weighted by Crippen LogP contribution is 2.29. The van der Waals surface area contributed by atoms with E-state index in [9.17, 15) is 4.79 Å². The highest BCUT2D eigenvalue weighted by atomic mass is 16.5. The Balaban J connectivity index is 1.78. The molecule has 23 heavy (non-hydrogen) atoms. The predicted molar refractivity (Wildman–Crippen MR) is 91.7 cm³/mol. The summed E-state index contributed by atoms with van der Waals surface area (Å²) in [5.41, 5.74) is 3.43. The Bertz CT molecular complexity index is 725. The second-order valence-electron chi connectivity index (χ2n) is 6.08. The van der Waals surface area contributed by atoms with Crippen molar-refractivity contribution in [3.8, 4) is 0 Å². The van der Waals surface area contributed by atoms with Crippen LogP contribution in [0.15, 0.2) is 41.7 Å². The molecule has 120 valence electrons. The van der Waals surface area contributed by atoms with Gasteiger partial charge < -0.3 is 9.30 Å². The maximum absolute atomic E-state index is 11.6. The lowest BCUT2D eigenvalue weighted by Gasteiger charge is -2.10. The number of aliphatic imine (C=N–C) groups is 1. The van der Waals surface area contributed by atoms with Crippen LogP contribution in [0.5, 0.6) is 0 Å². The van der Waals surface area contributed by atoms with Crippen molar-refractivity contribution >= 4 is 17.9 Å². The summed E-state index contributed by atoms with van der Waals surface area (Å²) in [6, 6.07) is 8.15. The largest absolute Gasteiger partial charge is 0.465 e. The van der Waals surface area contributed by atoms with Crippen LogP contribution in [0, 0.1) is 6.92 Å². The molecular weight excluding hydrogens is 288 g/mol. The summed E-state index contributed by atoms with van der Waals surface area (Å²) in [5.74, 6) is -0.339. The molecule has 0 amide bonds. The van der Waals surface area contributed by atoms with Gasteiger partial charge in [-0.05, 0) is 43.5 Å². The van der Waals surface area contributed by atoms with E-state index in [-0.39, 0.29) is 5.97 Å². The standard InChI is InChI=1S/C19H22N2O2/c1-14-7-8-16(19(22)23-2)11-18(14)20-12-15-9-10-21(13-15)17-5-3-4-6-17/h7-13,17H,3-6H2,1-2H3. The molecule has 1 aliphatic rings. The number of carbonyl (C=O) groups excluding carboxylic acids is 1. The second kappa shape index (κ2) is 6.82. The number of ether oxygens (including phenoxy) is 1. The van der Waals surface area contributed by atoms with E-state index in [1.807, 2.05) is 19.2 Å². The summed E-state index contributed by atoms with van der Waals surface area (Å²) in [7, 11) is 1.39. The Morgan fingerprint density at radius 2 is 2.09 bits per heavy atom. The van der Waals surface area contributed by atoms with Crippen LogP contribution in [0.1, 0.15) is 53.2 Å². The number of aromatic nitrogens is 1. The molecule has 0 radical (unpaired) electrons. The van der Waals surface area contributed by atoms with Gasteiger partial charge in [-0.1, -0.05) is 18.9 Å². The molecule has 1 aromatic heterocycles. The Morgan fingerprint density at radius 3 is 2.83 bits per heavy atom. The van der Waals surface area contributed by atoms with Crippen molar-refractivity contribution in [3.63, 3.8) is 0 Å². The van der Waals surface area contributed by atoms with E-state index in [1.54, 1.807) is 12.1 Å². The van der Waals surface area contributed by atoms with Crippen molar-refractivity contribution < 1.29 is 9.53 Å². The molecule has 4 nitrogen and oxygen atoms in total. The van der Waals surface area contributed by atoms with Gasteiger partial charge in [-0.15, -0.1) is 0 Å². The summed E-state index contributed by atoms with van der Waals surface area (Å²) in [5, 5.41) is 0. The SMILES string of the molecule is COC(=O)c1ccc(C)c(N=Cc2ccn(C3CCCC3)c2)c1. The fraction of sp³-hybridized carbons (Fsp3) is 0.368. The molecule has 4 heteroatoms. The van der Waals surface area contributed by atoms with Gasteiger partial charge in [0.05, 0.1) is 18.4 Å². The molecule has 0 unspecified atom stereocenters. The first-order valence-corrected chi connectivity index (χ1v) is 8.08. The lowest BCUT2D eigenvalue weighted by Crippen LogP contribution is -2.01. The molecule has 0 aliphatic heterocycles. The van der Waals surface area contributed by atoms with Crippen LogP contribution in [0.4, 0.5) is 5.69 Å². The van der Waals surface area contributed by atoms with Gasteiger partial charge in [0, 0.05) is 30.2 Å². The topological polar surface area (TPSA) is 43.6 Å². The van der Waals surface area contributed by atoms with E-state index in [2.05, 4.69) is 28.0 Å². The molecule has 1 saturated carbocycles. The quantitative estimate of drug-likeness (QED) is 0.618. The molecule has 0 spiro atoms. The van der Waals surface area contributed by atoms with E-state index >= 15 is 0 Å². The number of nitrogens with zero attached hydrogens (tertiary/aromatic N) is 2. The van der Waals surface area contributed by atoms with Crippen LogP contribution in [0.25, 0.3) is 0 Å². The van der Waals surface area contributed by atoms with Gasteiger partial charge in [0.25, 0.3) is 0 Å². The molecule has 3 rings (SSSR count). The maximum atomic E-state index is 11.6. The maximum Gasteiger partial charge on any atom is 0.337 e. The van der Waals surface area contributed by atoms with Gasteiger partial charge in [0.1, 0.15) is 0 Å². The zero-order chi connectivity index (χ0) is 16.2. The van der Waals surface area contributed by atoms with Crippen LogP contribution in [0.2, 0.25) is 0 Å². The number of aryl methyl sites for hydroxylation is 1. The van der Waals surface area contributed by atoms with Gasteiger partial charge in [-0.2, -0.15) is 0 Å². The number of hydrogen-bond donors (Lipinski definition) is 0. The number of benzene rings is 1. The average Bonchev–Trinajstić information content (AvgIpc) is 3.24. The minimum Gasteiger partial charge on any atom is -0.465 e. The van der Waals surface area contributed by atoms with Crippen LogP contribution < -0.4 is 0 Å². The van der Waals surface area contributed by atoms with Crippen molar-refractivity contribution in [1.29, 1.82) is 0 Å². The Morgan fingerprint density at radius 1 is 1.30 bits per heavy atom. The zero-order valence-electron chi connectivity index (χ0n) is 13.7. The first-order chi connectivity index (χ1) is 11.2. The number of hydrogen-bond acceptors (Lipinski definition) is 3. The van der Waals surface area contributed by atoms with Gasteiger partial charge >= 0.3 is 5.97 Å². The van der Waals surface area contributed by atoms with Crippen molar-refractivity contribution in [2.24, 2.45) is 4.99 Å². The van der Waals surface area contributed by atoms with Crippen LogP contribution >= 0.6 is 0 Å². The van der Waals surface area contributed by atoms with E-state index in [4.69, 9.17) is 4.74 Å². The summed E-state index contributed by atoms with van der Waals surface area (Å²) < 4.78 is 7.06. The second-order valence-corrected chi connectivity index (χ2v) is 6.08. The van der Waals surface area contributed by atoms with E-state index in [0.29, 0.717) is 11.6 Å². The summed E-state index contributed by atoms with van der Waals surface area (Å²) in [6.45, 7) is 1.98. The van der Waals surface area contributed by atoms with E-state index in [1.165, 1.54) is 32.8 Å². The molecule has 1 fully saturated rings. The molecule has 2 aromatic rings. The number of carbonyl (C=O) groups is 1. The molecule has 1 aliphatic carbocycles. The molecule has 0 atom stereocenters. The Kier molecular flexibility index (Phi) is 4.60. The molecule has 0 N–H and O–H groups in total. The van der Waals surface area contributed by atoms with Crippen LogP contribution in [-0.2, 0) is 4.74 Å². The third kappa shape index (κ3) is 3.52. The third-order valence-corrected chi connectivity index (χ3v) is 4.47. The summed E-state index contributed by atoms with van der Waals surface area (Å²) >= 11 is 0. The fourth-order valence-corrected chi connectivity index (χ4v) is 3.07. The van der Waals surface area contributed by atoms with E-state index in [0.717, 1.165) is 16.8 Å². The third-order valence-electron chi connectivity index (χ3n) is 4.47. The van der Waals surface area contributed by atoms with Crippen molar-refractivity contribution in [2.75, 3.05) is 7.11 Å². The highest BCUT2D eigenvalue weighted by molar-refractivity contribution is 5.91. The normalized spacial score (nSPS) is 15.4. The first kappa shape index (κ1) is 15.5. The molecule has 0 bridgehead atoms. The Hall–Kier alpha value is -2.36. The predicted octanol–water partition coefficient (Wildman–Crippen LogP) is 4.45. The monoisotopic (exact) mass is 310 g/mol. The number of methoxy groups -OCH3 is 1. The first-order valence-electron chi connectivity index (χ1n) is 8.08. The van der Waals surface area contributed by atoms with Crippen LogP contribution in [0.3, 0.4) is 0 Å². The van der Waals surface area contributed by atoms with Gasteiger partial charge in [0.2, 0.25) is 0 Å². The fourth-order valence-electron chi connectivity index (χ4n) is 3.07. The van der Waals surface area contributed by atoms with Gasteiger partial charge in [-0.3, -0.25) is 4.99 Å². The smallest absolute Gasteiger partial charge is 0.337 e. The lowest BCUT2D eigenvalue weighted by atomic mass is 10.1.